The number of H-pyrrole nitrogens is 1. The highest BCUT2D eigenvalue weighted by molar-refractivity contribution is 6.04. The van der Waals surface area contributed by atoms with Gasteiger partial charge in [-0.2, -0.15) is 15.4 Å². The van der Waals surface area contributed by atoms with Gasteiger partial charge in [-0.25, -0.2) is 0 Å². The predicted molar refractivity (Wildman–Crippen MR) is 108 cm³/mol. The van der Waals surface area contributed by atoms with Gasteiger partial charge in [0.15, 0.2) is 11.5 Å². The first-order chi connectivity index (χ1) is 14.2. The van der Waals surface area contributed by atoms with Crippen molar-refractivity contribution in [3.63, 3.8) is 0 Å². The van der Waals surface area contributed by atoms with Gasteiger partial charge in [-0.05, 0) is 49.9 Å². The smallest absolute Gasteiger partial charge is 0.253 e. The fourth-order valence-corrected chi connectivity index (χ4v) is 3.77. The maximum absolute atomic E-state index is 12.7. The number of carbonyl (C=O) groups excluding carboxylic acids is 1. The van der Waals surface area contributed by atoms with Gasteiger partial charge in [-0.3, -0.25) is 4.79 Å². The van der Waals surface area contributed by atoms with Crippen LogP contribution in [0.4, 0.5) is 0 Å². The third-order valence-electron chi connectivity index (χ3n) is 5.26. The summed E-state index contributed by atoms with van der Waals surface area (Å²) < 4.78 is 16.9. The topological polar surface area (TPSA) is 98.4 Å². The number of benzene rings is 2. The Bertz CT molecular complexity index is 995. The lowest BCUT2D eigenvalue weighted by atomic mass is 9.92. The molecule has 0 unspecified atom stereocenters. The van der Waals surface area contributed by atoms with Crippen LogP contribution in [0.3, 0.4) is 0 Å². The standard InChI is InChI=1S/C21H24N4O4/c1-27-17-7-4-8-18(20(17)28-2)29-14-11-9-13(10-12-14)22-21(26)15-5-3-6-16-19(15)24-25-23-16/h3-8,13-14H,9-12H2,1-2H3,(H,22,26)(H,23,24,25). The van der Waals surface area contributed by atoms with Crippen molar-refractivity contribution < 1.29 is 19.0 Å². The highest BCUT2D eigenvalue weighted by atomic mass is 16.5. The summed E-state index contributed by atoms with van der Waals surface area (Å²) in [5.74, 6) is 1.81. The molecule has 0 atom stereocenters. The van der Waals surface area contributed by atoms with E-state index in [0.717, 1.165) is 25.7 Å². The molecule has 4 rings (SSSR count). The zero-order chi connectivity index (χ0) is 20.2. The minimum absolute atomic E-state index is 0.0723. The minimum atomic E-state index is -0.122. The maximum atomic E-state index is 12.7. The summed E-state index contributed by atoms with van der Waals surface area (Å²) in [6, 6.07) is 11.1. The maximum Gasteiger partial charge on any atom is 0.253 e. The van der Waals surface area contributed by atoms with Crippen molar-refractivity contribution in [3.8, 4) is 17.2 Å². The van der Waals surface area contributed by atoms with Crippen LogP contribution in [0, 0.1) is 0 Å². The van der Waals surface area contributed by atoms with E-state index >= 15 is 0 Å². The molecule has 8 heteroatoms. The SMILES string of the molecule is COc1cccc(OC2CCC(NC(=O)c3cccc4n[nH]nc34)CC2)c1OC. The normalized spacial score (nSPS) is 19.0. The van der Waals surface area contributed by atoms with E-state index in [1.165, 1.54) is 0 Å². The van der Waals surface area contributed by atoms with E-state index in [4.69, 9.17) is 14.2 Å². The van der Waals surface area contributed by atoms with Crippen LogP contribution in [0.2, 0.25) is 0 Å². The molecule has 0 aliphatic heterocycles. The fraction of sp³-hybridized carbons (Fsp3) is 0.381. The first kappa shape index (κ1) is 19.0. The third kappa shape index (κ3) is 3.96. The van der Waals surface area contributed by atoms with Gasteiger partial charge < -0.3 is 19.5 Å². The average molecular weight is 396 g/mol. The Hall–Kier alpha value is -3.29. The van der Waals surface area contributed by atoms with E-state index in [2.05, 4.69) is 20.7 Å². The molecule has 29 heavy (non-hydrogen) atoms. The Morgan fingerprint density at radius 1 is 1.00 bits per heavy atom. The molecule has 0 spiro atoms. The number of hydrogen-bond acceptors (Lipinski definition) is 6. The van der Waals surface area contributed by atoms with Crippen LogP contribution >= 0.6 is 0 Å². The van der Waals surface area contributed by atoms with Crippen molar-refractivity contribution in [3.05, 3.63) is 42.0 Å². The van der Waals surface area contributed by atoms with Crippen molar-refractivity contribution in [1.29, 1.82) is 0 Å². The summed E-state index contributed by atoms with van der Waals surface area (Å²) in [4.78, 5) is 12.7. The number of amides is 1. The zero-order valence-electron chi connectivity index (χ0n) is 16.5. The molecule has 1 aliphatic rings. The fourth-order valence-electron chi connectivity index (χ4n) is 3.77. The number of ether oxygens (including phenoxy) is 3. The van der Waals surface area contributed by atoms with E-state index in [9.17, 15) is 4.79 Å². The molecule has 8 nitrogen and oxygen atoms in total. The second-order valence-corrected chi connectivity index (χ2v) is 7.05. The van der Waals surface area contributed by atoms with Crippen LogP contribution in [0.1, 0.15) is 36.0 Å². The highest BCUT2D eigenvalue weighted by Gasteiger charge is 2.26. The number of aromatic amines is 1. The Morgan fingerprint density at radius 3 is 2.52 bits per heavy atom. The quantitative estimate of drug-likeness (QED) is 0.664. The molecule has 1 saturated carbocycles. The van der Waals surface area contributed by atoms with Gasteiger partial charge in [-0.1, -0.05) is 12.1 Å². The summed E-state index contributed by atoms with van der Waals surface area (Å²) in [7, 11) is 3.21. The Labute approximate surface area is 168 Å². The molecule has 2 N–H and O–H groups in total. The van der Waals surface area contributed by atoms with Crippen LogP contribution in [-0.4, -0.2) is 47.7 Å². The van der Waals surface area contributed by atoms with Gasteiger partial charge in [0.05, 0.1) is 25.9 Å². The van der Waals surface area contributed by atoms with E-state index in [-0.39, 0.29) is 18.1 Å². The second kappa shape index (κ2) is 8.38. The molecule has 3 aromatic rings. The number of para-hydroxylation sites is 2. The lowest BCUT2D eigenvalue weighted by molar-refractivity contribution is 0.0892. The van der Waals surface area contributed by atoms with Crippen molar-refractivity contribution in [2.24, 2.45) is 0 Å². The van der Waals surface area contributed by atoms with Gasteiger partial charge in [-0.15, -0.1) is 0 Å². The monoisotopic (exact) mass is 396 g/mol. The van der Waals surface area contributed by atoms with Crippen molar-refractivity contribution in [2.75, 3.05) is 14.2 Å². The molecule has 0 radical (unpaired) electrons. The van der Waals surface area contributed by atoms with Gasteiger partial charge in [0.2, 0.25) is 5.75 Å². The Kier molecular flexibility index (Phi) is 5.50. The number of carbonyl (C=O) groups is 1. The van der Waals surface area contributed by atoms with Crippen LogP contribution < -0.4 is 19.5 Å². The van der Waals surface area contributed by atoms with Gasteiger partial charge in [0, 0.05) is 6.04 Å². The number of fused-ring (bicyclic) bond motifs is 1. The number of rotatable bonds is 6. The van der Waals surface area contributed by atoms with E-state index in [1.54, 1.807) is 20.3 Å². The average Bonchev–Trinajstić information content (AvgIpc) is 3.23. The molecule has 1 fully saturated rings. The summed E-state index contributed by atoms with van der Waals surface area (Å²) in [6.07, 6.45) is 3.46. The molecule has 0 saturated heterocycles. The molecule has 1 heterocycles. The number of aromatic nitrogens is 3. The number of nitrogens with one attached hydrogen (secondary N) is 2. The summed E-state index contributed by atoms with van der Waals surface area (Å²) in [6.45, 7) is 0. The Balaban J connectivity index is 1.35. The van der Waals surface area contributed by atoms with Crippen molar-refractivity contribution >= 4 is 16.9 Å². The van der Waals surface area contributed by atoms with Crippen LogP contribution in [0.15, 0.2) is 36.4 Å². The summed E-state index contributed by atoms with van der Waals surface area (Å²) in [5, 5.41) is 13.8. The summed E-state index contributed by atoms with van der Waals surface area (Å²) in [5.41, 5.74) is 1.81. The molecule has 1 aliphatic carbocycles. The van der Waals surface area contributed by atoms with Gasteiger partial charge in [0.25, 0.3) is 5.91 Å². The lowest BCUT2D eigenvalue weighted by Crippen LogP contribution is -2.39. The second-order valence-electron chi connectivity index (χ2n) is 7.05. The highest BCUT2D eigenvalue weighted by Crippen LogP contribution is 2.38. The molecule has 2 aromatic carbocycles. The van der Waals surface area contributed by atoms with Crippen molar-refractivity contribution in [2.45, 2.75) is 37.8 Å². The Morgan fingerprint density at radius 2 is 1.76 bits per heavy atom. The largest absolute Gasteiger partial charge is 0.493 e. The third-order valence-corrected chi connectivity index (χ3v) is 5.26. The zero-order valence-corrected chi connectivity index (χ0v) is 16.5. The lowest BCUT2D eigenvalue weighted by Gasteiger charge is -2.30. The number of methoxy groups -OCH3 is 2. The molecule has 0 bridgehead atoms. The molecular weight excluding hydrogens is 372 g/mol. The predicted octanol–water partition coefficient (Wildman–Crippen LogP) is 3.10. The first-order valence-electron chi connectivity index (χ1n) is 9.67. The molecule has 1 aromatic heterocycles. The van der Waals surface area contributed by atoms with E-state index in [1.807, 2.05) is 30.3 Å². The molecule has 152 valence electrons. The van der Waals surface area contributed by atoms with E-state index in [0.29, 0.717) is 33.8 Å². The first-order valence-corrected chi connectivity index (χ1v) is 9.67. The van der Waals surface area contributed by atoms with Gasteiger partial charge in [0.1, 0.15) is 11.0 Å². The van der Waals surface area contributed by atoms with Crippen molar-refractivity contribution in [1.82, 2.24) is 20.7 Å². The number of hydrogen-bond donors (Lipinski definition) is 2. The molecular formula is C21H24N4O4. The van der Waals surface area contributed by atoms with Crippen LogP contribution in [0.5, 0.6) is 17.2 Å². The van der Waals surface area contributed by atoms with Crippen LogP contribution in [-0.2, 0) is 0 Å². The molecule has 1 amide bonds. The van der Waals surface area contributed by atoms with Gasteiger partial charge >= 0.3 is 0 Å². The van der Waals surface area contributed by atoms with Crippen LogP contribution in [0.25, 0.3) is 11.0 Å². The summed E-state index contributed by atoms with van der Waals surface area (Å²) >= 11 is 0. The van der Waals surface area contributed by atoms with E-state index < -0.39 is 0 Å². The number of nitrogens with zero attached hydrogens (tertiary/aromatic N) is 2. The minimum Gasteiger partial charge on any atom is -0.493 e.